The summed E-state index contributed by atoms with van der Waals surface area (Å²) in [5, 5.41) is 7.34. The Bertz CT molecular complexity index is 483. The molecule has 0 bridgehead atoms. The summed E-state index contributed by atoms with van der Waals surface area (Å²) in [6.45, 7) is 1.69. The highest BCUT2D eigenvalue weighted by Gasteiger charge is 2.16. The highest BCUT2D eigenvalue weighted by molar-refractivity contribution is 7.80. The lowest BCUT2D eigenvalue weighted by Crippen LogP contribution is -2.35. The second-order valence-corrected chi connectivity index (χ2v) is 6.03. The first-order chi connectivity index (χ1) is 9.83. The number of hydrogen-bond acceptors (Lipinski definition) is 2. The number of rotatable bonds is 3. The van der Waals surface area contributed by atoms with Gasteiger partial charge in [-0.05, 0) is 67.9 Å². The largest absolute Gasteiger partial charge is 0.376 e. The molecule has 3 nitrogen and oxygen atoms in total. The lowest BCUT2D eigenvalue weighted by molar-refractivity contribution is 0.114. The third-order valence-electron chi connectivity index (χ3n) is 4.16. The molecule has 0 unspecified atom stereocenters. The van der Waals surface area contributed by atoms with E-state index in [-0.39, 0.29) is 0 Å². The fourth-order valence-electron chi connectivity index (χ4n) is 3.08. The van der Waals surface area contributed by atoms with Crippen LogP contribution in [0.4, 0.5) is 5.69 Å². The molecule has 0 aromatic heterocycles. The van der Waals surface area contributed by atoms with Gasteiger partial charge in [0.2, 0.25) is 0 Å². The summed E-state index contributed by atoms with van der Waals surface area (Å²) in [6.07, 6.45) is 7.56. The number of thiocarbonyl (C=S) groups is 1. The molecule has 0 spiro atoms. The average molecular weight is 290 g/mol. The van der Waals surface area contributed by atoms with Gasteiger partial charge in [-0.25, -0.2) is 0 Å². The fourth-order valence-corrected chi connectivity index (χ4v) is 3.27. The van der Waals surface area contributed by atoms with E-state index >= 15 is 0 Å². The van der Waals surface area contributed by atoms with Crippen molar-refractivity contribution in [2.45, 2.75) is 44.6 Å². The van der Waals surface area contributed by atoms with Crippen LogP contribution in [0.25, 0.3) is 0 Å². The van der Waals surface area contributed by atoms with Gasteiger partial charge in [0.1, 0.15) is 0 Å². The highest BCUT2D eigenvalue weighted by atomic mass is 32.1. The van der Waals surface area contributed by atoms with Gasteiger partial charge in [0.25, 0.3) is 0 Å². The highest BCUT2D eigenvalue weighted by Crippen LogP contribution is 2.27. The van der Waals surface area contributed by atoms with Crippen molar-refractivity contribution in [2.24, 2.45) is 0 Å². The molecule has 108 valence electrons. The van der Waals surface area contributed by atoms with Crippen LogP contribution in [-0.4, -0.2) is 24.4 Å². The number of aryl methyl sites for hydroxylation is 1. The quantitative estimate of drug-likeness (QED) is 0.838. The van der Waals surface area contributed by atoms with E-state index in [1.165, 1.54) is 42.5 Å². The summed E-state index contributed by atoms with van der Waals surface area (Å²) < 4.78 is 5.59. The maximum Gasteiger partial charge on any atom is 0.170 e. The molecule has 1 aromatic rings. The molecule has 0 saturated carbocycles. The number of nitrogens with one attached hydrogen (secondary N) is 2. The van der Waals surface area contributed by atoms with Crippen LogP contribution in [0.15, 0.2) is 18.2 Å². The van der Waals surface area contributed by atoms with Crippen LogP contribution in [0.5, 0.6) is 0 Å². The van der Waals surface area contributed by atoms with Gasteiger partial charge in [0.05, 0.1) is 6.10 Å². The number of anilines is 1. The van der Waals surface area contributed by atoms with Gasteiger partial charge in [0, 0.05) is 18.8 Å². The van der Waals surface area contributed by atoms with Gasteiger partial charge in [-0.1, -0.05) is 12.1 Å². The van der Waals surface area contributed by atoms with E-state index in [2.05, 4.69) is 28.8 Å². The average Bonchev–Trinajstić information content (AvgIpc) is 2.99. The Labute approximate surface area is 126 Å². The van der Waals surface area contributed by atoms with E-state index in [9.17, 15) is 0 Å². The first kappa shape index (κ1) is 13.8. The molecule has 0 amide bonds. The second kappa shape index (κ2) is 6.55. The standard InChI is InChI=1S/C16H22N2OS/c20-16(17-11-13-7-4-10-19-13)18-15-9-3-6-12-5-1-2-8-14(12)15/h3,6,9,13H,1-2,4-5,7-8,10-11H2,(H2,17,18,20)/t13-/m0/s1. The van der Waals surface area contributed by atoms with Gasteiger partial charge in [-0.3, -0.25) is 0 Å². The van der Waals surface area contributed by atoms with Crippen molar-refractivity contribution in [3.8, 4) is 0 Å². The van der Waals surface area contributed by atoms with Gasteiger partial charge >= 0.3 is 0 Å². The van der Waals surface area contributed by atoms with Gasteiger partial charge in [-0.2, -0.15) is 0 Å². The van der Waals surface area contributed by atoms with Crippen LogP contribution in [0.1, 0.15) is 36.8 Å². The Morgan fingerprint density at radius 3 is 3.00 bits per heavy atom. The molecule has 1 saturated heterocycles. The molecule has 1 aliphatic carbocycles. The van der Waals surface area contributed by atoms with Gasteiger partial charge < -0.3 is 15.4 Å². The third-order valence-corrected chi connectivity index (χ3v) is 4.40. The normalized spacial score (nSPS) is 21.3. The Kier molecular flexibility index (Phi) is 4.53. The molecular formula is C16H22N2OS. The summed E-state index contributed by atoms with van der Waals surface area (Å²) in [5.41, 5.74) is 4.09. The minimum absolute atomic E-state index is 0.319. The third kappa shape index (κ3) is 3.30. The SMILES string of the molecule is S=C(NC[C@@H]1CCCO1)Nc1cccc2c1CCCC2. The van der Waals surface area contributed by atoms with Crippen LogP contribution in [0.3, 0.4) is 0 Å². The topological polar surface area (TPSA) is 33.3 Å². The summed E-state index contributed by atoms with van der Waals surface area (Å²) >= 11 is 5.40. The molecule has 20 heavy (non-hydrogen) atoms. The van der Waals surface area contributed by atoms with Gasteiger partial charge in [0.15, 0.2) is 5.11 Å². The van der Waals surface area contributed by atoms with E-state index in [4.69, 9.17) is 17.0 Å². The molecule has 4 heteroatoms. The van der Waals surface area contributed by atoms with E-state index < -0.39 is 0 Å². The molecular weight excluding hydrogens is 268 g/mol. The minimum atomic E-state index is 0.319. The Morgan fingerprint density at radius 2 is 2.15 bits per heavy atom. The monoisotopic (exact) mass is 290 g/mol. The van der Waals surface area contributed by atoms with Crippen LogP contribution in [0, 0.1) is 0 Å². The maximum absolute atomic E-state index is 5.59. The summed E-state index contributed by atoms with van der Waals surface area (Å²) in [7, 11) is 0. The molecule has 1 aromatic carbocycles. The van der Waals surface area contributed by atoms with Gasteiger partial charge in [-0.15, -0.1) is 0 Å². The van der Waals surface area contributed by atoms with E-state index in [1.807, 2.05) is 0 Å². The predicted molar refractivity (Wildman–Crippen MR) is 86.3 cm³/mol. The fraction of sp³-hybridized carbons (Fsp3) is 0.562. The molecule has 2 aliphatic rings. The molecule has 2 N–H and O–H groups in total. The molecule has 1 atom stereocenters. The first-order valence-electron chi connectivity index (χ1n) is 7.60. The zero-order valence-electron chi connectivity index (χ0n) is 11.8. The van der Waals surface area contributed by atoms with Crippen molar-refractivity contribution in [2.75, 3.05) is 18.5 Å². The molecule has 0 radical (unpaired) electrons. The van der Waals surface area contributed by atoms with Crippen molar-refractivity contribution in [3.63, 3.8) is 0 Å². The van der Waals surface area contributed by atoms with Crippen LogP contribution < -0.4 is 10.6 Å². The van der Waals surface area contributed by atoms with Crippen LogP contribution >= 0.6 is 12.2 Å². The lowest BCUT2D eigenvalue weighted by Gasteiger charge is -2.21. The minimum Gasteiger partial charge on any atom is -0.376 e. The van der Waals surface area contributed by atoms with E-state index in [0.717, 1.165) is 26.0 Å². The number of hydrogen-bond donors (Lipinski definition) is 2. The Morgan fingerprint density at radius 1 is 1.25 bits per heavy atom. The lowest BCUT2D eigenvalue weighted by atomic mass is 9.90. The number of ether oxygens (including phenoxy) is 1. The molecule has 3 rings (SSSR count). The van der Waals surface area contributed by atoms with Crippen molar-refractivity contribution < 1.29 is 4.74 Å². The van der Waals surface area contributed by atoms with Crippen molar-refractivity contribution in [3.05, 3.63) is 29.3 Å². The van der Waals surface area contributed by atoms with Crippen molar-refractivity contribution in [1.82, 2.24) is 5.32 Å². The number of fused-ring (bicyclic) bond motifs is 1. The van der Waals surface area contributed by atoms with E-state index in [0.29, 0.717) is 11.2 Å². The number of benzene rings is 1. The summed E-state index contributed by atoms with van der Waals surface area (Å²) in [4.78, 5) is 0. The first-order valence-corrected chi connectivity index (χ1v) is 8.01. The zero-order chi connectivity index (χ0) is 13.8. The smallest absolute Gasteiger partial charge is 0.170 e. The van der Waals surface area contributed by atoms with E-state index in [1.54, 1.807) is 0 Å². The van der Waals surface area contributed by atoms with Crippen molar-refractivity contribution in [1.29, 1.82) is 0 Å². The predicted octanol–water partition coefficient (Wildman–Crippen LogP) is 3.03. The molecule has 1 fully saturated rings. The maximum atomic E-state index is 5.59. The Hall–Kier alpha value is -1.13. The van der Waals surface area contributed by atoms with Crippen molar-refractivity contribution >= 4 is 23.0 Å². The summed E-state index contributed by atoms with van der Waals surface area (Å²) in [5.74, 6) is 0. The van der Waals surface area contributed by atoms with Crippen LogP contribution in [-0.2, 0) is 17.6 Å². The Balaban J connectivity index is 1.58. The summed E-state index contributed by atoms with van der Waals surface area (Å²) in [6, 6.07) is 6.49. The van der Waals surface area contributed by atoms with Crippen LogP contribution in [0.2, 0.25) is 0 Å². The second-order valence-electron chi connectivity index (χ2n) is 5.62. The molecule has 1 aliphatic heterocycles. The zero-order valence-corrected chi connectivity index (χ0v) is 12.6. The molecule has 1 heterocycles.